The SMILES string of the molecule is CC(C(=O)N(CCCC(N)=O)CCCC1CCCCC1)c1ccccc1. The highest BCUT2D eigenvalue weighted by atomic mass is 16.2. The van der Waals surface area contributed by atoms with E-state index in [2.05, 4.69) is 0 Å². The van der Waals surface area contributed by atoms with Crippen LogP contribution < -0.4 is 5.73 Å². The third kappa shape index (κ3) is 6.81. The van der Waals surface area contributed by atoms with Gasteiger partial charge in [-0.25, -0.2) is 0 Å². The Morgan fingerprint density at radius 1 is 1.08 bits per heavy atom. The summed E-state index contributed by atoms with van der Waals surface area (Å²) in [4.78, 5) is 26.0. The van der Waals surface area contributed by atoms with E-state index in [1.54, 1.807) is 0 Å². The Bertz CT molecular complexity index is 553. The Kier molecular flexibility index (Phi) is 8.66. The number of primary amides is 1. The molecular formula is C22H34N2O2. The zero-order valence-electron chi connectivity index (χ0n) is 16.2. The van der Waals surface area contributed by atoms with Crippen LogP contribution in [0.4, 0.5) is 0 Å². The van der Waals surface area contributed by atoms with E-state index in [1.807, 2.05) is 42.2 Å². The van der Waals surface area contributed by atoms with Crippen molar-refractivity contribution in [2.75, 3.05) is 13.1 Å². The minimum absolute atomic E-state index is 0.153. The summed E-state index contributed by atoms with van der Waals surface area (Å²) in [6, 6.07) is 9.92. The topological polar surface area (TPSA) is 63.4 Å². The number of carbonyl (C=O) groups is 2. The first kappa shape index (κ1) is 20.5. The largest absolute Gasteiger partial charge is 0.370 e. The van der Waals surface area contributed by atoms with E-state index >= 15 is 0 Å². The molecule has 144 valence electrons. The van der Waals surface area contributed by atoms with Crippen LogP contribution in [0.1, 0.15) is 76.2 Å². The monoisotopic (exact) mass is 358 g/mol. The van der Waals surface area contributed by atoms with Gasteiger partial charge in [-0.3, -0.25) is 9.59 Å². The predicted octanol–water partition coefficient (Wildman–Crippen LogP) is 4.24. The van der Waals surface area contributed by atoms with E-state index < -0.39 is 0 Å². The quantitative estimate of drug-likeness (QED) is 0.680. The molecule has 0 aliphatic heterocycles. The summed E-state index contributed by atoms with van der Waals surface area (Å²) in [6.07, 6.45) is 10.0. The average molecular weight is 359 g/mol. The minimum Gasteiger partial charge on any atom is -0.370 e. The van der Waals surface area contributed by atoms with Gasteiger partial charge in [-0.05, 0) is 37.7 Å². The summed E-state index contributed by atoms with van der Waals surface area (Å²) < 4.78 is 0. The first-order chi connectivity index (χ1) is 12.6. The third-order valence-electron chi connectivity index (χ3n) is 5.60. The number of hydrogen-bond donors (Lipinski definition) is 1. The first-order valence-corrected chi connectivity index (χ1v) is 10.2. The van der Waals surface area contributed by atoms with Gasteiger partial charge in [0.15, 0.2) is 0 Å². The summed E-state index contributed by atoms with van der Waals surface area (Å²) >= 11 is 0. The molecule has 0 aromatic heterocycles. The molecule has 0 saturated heterocycles. The number of carbonyl (C=O) groups excluding carboxylic acids is 2. The van der Waals surface area contributed by atoms with Crippen LogP contribution in [-0.2, 0) is 9.59 Å². The van der Waals surface area contributed by atoms with Crippen molar-refractivity contribution in [1.29, 1.82) is 0 Å². The molecule has 0 bridgehead atoms. The molecule has 0 heterocycles. The molecule has 26 heavy (non-hydrogen) atoms. The number of amides is 2. The van der Waals surface area contributed by atoms with Gasteiger partial charge in [0.25, 0.3) is 0 Å². The summed E-state index contributed by atoms with van der Waals surface area (Å²) in [6.45, 7) is 3.37. The van der Waals surface area contributed by atoms with Gasteiger partial charge in [-0.2, -0.15) is 0 Å². The van der Waals surface area contributed by atoms with Crippen LogP contribution in [0.2, 0.25) is 0 Å². The van der Waals surface area contributed by atoms with Crippen molar-refractivity contribution in [3.8, 4) is 0 Å². The molecule has 2 N–H and O–H groups in total. The fourth-order valence-corrected chi connectivity index (χ4v) is 3.98. The number of hydrogen-bond acceptors (Lipinski definition) is 2. The average Bonchev–Trinajstić information content (AvgIpc) is 2.67. The van der Waals surface area contributed by atoms with Crippen LogP contribution in [0.15, 0.2) is 30.3 Å². The molecule has 1 fully saturated rings. The van der Waals surface area contributed by atoms with Gasteiger partial charge < -0.3 is 10.6 Å². The Balaban J connectivity index is 1.90. The lowest BCUT2D eigenvalue weighted by atomic mass is 9.86. The second kappa shape index (κ2) is 11.0. The van der Waals surface area contributed by atoms with Gasteiger partial charge in [0.2, 0.25) is 11.8 Å². The molecule has 2 amide bonds. The van der Waals surface area contributed by atoms with E-state index in [0.717, 1.165) is 24.4 Å². The third-order valence-corrected chi connectivity index (χ3v) is 5.60. The fourth-order valence-electron chi connectivity index (χ4n) is 3.98. The van der Waals surface area contributed by atoms with E-state index in [-0.39, 0.29) is 17.7 Å². The van der Waals surface area contributed by atoms with Gasteiger partial charge >= 0.3 is 0 Å². The Morgan fingerprint density at radius 3 is 2.38 bits per heavy atom. The smallest absolute Gasteiger partial charge is 0.229 e. The lowest BCUT2D eigenvalue weighted by molar-refractivity contribution is -0.133. The summed E-state index contributed by atoms with van der Waals surface area (Å²) in [5.41, 5.74) is 6.31. The summed E-state index contributed by atoms with van der Waals surface area (Å²) in [7, 11) is 0. The second-order valence-corrected chi connectivity index (χ2v) is 7.67. The van der Waals surface area contributed by atoms with Crippen molar-refractivity contribution in [3.05, 3.63) is 35.9 Å². The number of nitrogens with two attached hydrogens (primary N) is 1. The summed E-state index contributed by atoms with van der Waals surface area (Å²) in [5.74, 6) is 0.539. The van der Waals surface area contributed by atoms with Gasteiger partial charge in [0.1, 0.15) is 0 Å². The normalized spacial score (nSPS) is 16.2. The van der Waals surface area contributed by atoms with Crippen LogP contribution in [0.25, 0.3) is 0 Å². The van der Waals surface area contributed by atoms with Crippen molar-refractivity contribution in [2.24, 2.45) is 11.7 Å². The molecular weight excluding hydrogens is 324 g/mol. The zero-order chi connectivity index (χ0) is 18.8. The maximum absolute atomic E-state index is 13.0. The number of benzene rings is 1. The first-order valence-electron chi connectivity index (χ1n) is 10.2. The molecule has 1 aromatic rings. The van der Waals surface area contributed by atoms with Gasteiger partial charge in [0.05, 0.1) is 5.92 Å². The van der Waals surface area contributed by atoms with Gasteiger partial charge in [-0.1, -0.05) is 62.4 Å². The molecule has 1 aliphatic carbocycles. The van der Waals surface area contributed by atoms with E-state index in [4.69, 9.17) is 5.73 Å². The number of rotatable bonds is 10. The fraction of sp³-hybridized carbons (Fsp3) is 0.636. The highest BCUT2D eigenvalue weighted by Crippen LogP contribution is 2.27. The highest BCUT2D eigenvalue weighted by molar-refractivity contribution is 5.83. The Hall–Kier alpha value is -1.84. The standard InChI is InChI=1S/C22H34N2O2/c1-18(20-13-6-3-7-14-20)22(26)24(17-9-15-21(23)25)16-8-12-19-10-4-2-5-11-19/h3,6-7,13-14,18-19H,2,4-5,8-12,15-17H2,1H3,(H2,23,25). The van der Waals surface area contributed by atoms with E-state index in [9.17, 15) is 9.59 Å². The highest BCUT2D eigenvalue weighted by Gasteiger charge is 2.22. The van der Waals surface area contributed by atoms with Crippen LogP contribution in [0.3, 0.4) is 0 Å². The number of nitrogens with zero attached hydrogens (tertiary/aromatic N) is 1. The van der Waals surface area contributed by atoms with Crippen molar-refractivity contribution < 1.29 is 9.59 Å². The van der Waals surface area contributed by atoms with Crippen molar-refractivity contribution in [3.63, 3.8) is 0 Å². The Labute approximate surface area is 158 Å². The van der Waals surface area contributed by atoms with Crippen molar-refractivity contribution in [1.82, 2.24) is 4.90 Å². The molecule has 1 atom stereocenters. The van der Waals surface area contributed by atoms with Crippen LogP contribution in [-0.4, -0.2) is 29.8 Å². The molecule has 2 rings (SSSR count). The van der Waals surface area contributed by atoms with Gasteiger partial charge in [0, 0.05) is 19.5 Å². The molecule has 1 saturated carbocycles. The molecule has 0 radical (unpaired) electrons. The van der Waals surface area contributed by atoms with Gasteiger partial charge in [-0.15, -0.1) is 0 Å². The predicted molar refractivity (Wildman–Crippen MR) is 106 cm³/mol. The van der Waals surface area contributed by atoms with Crippen molar-refractivity contribution in [2.45, 2.75) is 70.6 Å². The molecule has 0 spiro atoms. The van der Waals surface area contributed by atoms with Crippen molar-refractivity contribution >= 4 is 11.8 Å². The van der Waals surface area contributed by atoms with Crippen LogP contribution >= 0.6 is 0 Å². The molecule has 1 unspecified atom stereocenters. The summed E-state index contributed by atoms with van der Waals surface area (Å²) in [5, 5.41) is 0. The maximum atomic E-state index is 13.0. The van der Waals surface area contributed by atoms with E-state index in [1.165, 1.54) is 38.5 Å². The molecule has 4 nitrogen and oxygen atoms in total. The van der Waals surface area contributed by atoms with E-state index in [0.29, 0.717) is 19.4 Å². The lowest BCUT2D eigenvalue weighted by Crippen LogP contribution is -2.36. The molecule has 1 aromatic carbocycles. The van der Waals surface area contributed by atoms with Crippen LogP contribution in [0.5, 0.6) is 0 Å². The lowest BCUT2D eigenvalue weighted by Gasteiger charge is -2.28. The molecule has 4 heteroatoms. The zero-order valence-corrected chi connectivity index (χ0v) is 16.2. The molecule has 1 aliphatic rings. The second-order valence-electron chi connectivity index (χ2n) is 7.67. The van der Waals surface area contributed by atoms with Crippen LogP contribution in [0, 0.1) is 5.92 Å². The maximum Gasteiger partial charge on any atom is 0.229 e. The Morgan fingerprint density at radius 2 is 1.73 bits per heavy atom. The minimum atomic E-state index is -0.296.